The van der Waals surface area contributed by atoms with Crippen LogP contribution in [0.25, 0.3) is 22.3 Å². The van der Waals surface area contributed by atoms with E-state index in [1.54, 1.807) is 26.5 Å². The Morgan fingerprint density at radius 2 is 1.33 bits per heavy atom. The van der Waals surface area contributed by atoms with Crippen LogP contribution in [0.15, 0.2) is 96.1 Å². The molecule has 1 heterocycles. The number of benzene rings is 3. The molecule has 0 aliphatic carbocycles. The minimum absolute atomic E-state index is 0.845. The van der Waals surface area contributed by atoms with Crippen molar-refractivity contribution in [1.82, 2.24) is 4.98 Å². The Morgan fingerprint density at radius 1 is 0.733 bits per heavy atom. The summed E-state index contributed by atoms with van der Waals surface area (Å²) in [6.07, 6.45) is 3.61. The van der Waals surface area contributed by atoms with E-state index in [0.717, 1.165) is 28.1 Å². The zero-order valence-corrected chi connectivity index (χ0v) is 19.9. The molecule has 0 radical (unpaired) electrons. The molecule has 0 fully saturated rings. The number of rotatable bonds is 4. The third-order valence-electron chi connectivity index (χ3n) is 4.77. The summed E-state index contributed by atoms with van der Waals surface area (Å²) in [6, 6.07) is 29.5. The minimum atomic E-state index is 0.845. The molecule has 3 aromatic carbocycles. The van der Waals surface area contributed by atoms with Gasteiger partial charge in [0.25, 0.3) is 0 Å². The van der Waals surface area contributed by atoms with Crippen LogP contribution in [-0.2, 0) is 12.8 Å². The number of pyridine rings is 1. The molecule has 0 spiro atoms. The van der Waals surface area contributed by atoms with Crippen molar-refractivity contribution in [3.05, 3.63) is 108 Å². The van der Waals surface area contributed by atoms with Crippen LogP contribution in [0.4, 0.5) is 5.69 Å². The summed E-state index contributed by atoms with van der Waals surface area (Å²) < 4.78 is 0. The number of hydrogen-bond acceptors (Lipinski definition) is 2. The van der Waals surface area contributed by atoms with Crippen molar-refractivity contribution in [1.29, 1.82) is 0 Å². The predicted octanol–water partition coefficient (Wildman–Crippen LogP) is 7.67. The summed E-state index contributed by atoms with van der Waals surface area (Å²) in [7, 11) is 0. The summed E-state index contributed by atoms with van der Waals surface area (Å²) in [6.45, 7) is 4.21. The van der Waals surface area contributed by atoms with Crippen LogP contribution < -0.4 is 0 Å². The summed E-state index contributed by atoms with van der Waals surface area (Å²) in [5.74, 6) is 0. The number of aryl methyl sites for hydroxylation is 2. The van der Waals surface area contributed by atoms with Gasteiger partial charge in [-0.15, -0.1) is 0 Å². The number of aliphatic imine (C=N–C) groups is 1. The van der Waals surface area contributed by atoms with Crippen LogP contribution in [0.1, 0.15) is 16.8 Å². The molecule has 0 bridgehead atoms. The van der Waals surface area contributed by atoms with Crippen LogP contribution in [0, 0.1) is 13.8 Å². The number of aromatic nitrogens is 1. The molecular weight excluding hydrogens is 531 g/mol. The Kier molecular flexibility index (Phi) is 8.38. The van der Waals surface area contributed by atoms with E-state index in [-0.39, 0.29) is 0 Å². The van der Waals surface area contributed by atoms with E-state index < -0.39 is 0 Å². The molecule has 4 rings (SSSR count). The summed E-state index contributed by atoms with van der Waals surface area (Å²) in [4.78, 5) is 9.14. The standard InChI is InChI=1S/C26H22N2.Cu.HI/c1-19-6-10-21(11-7-19)23-14-15-25(22-12-8-20(2)9-13-22)26(17-23)28-18-24-5-3-4-16-27-24;;/h3-18H,1-2H3;;1H/q;+1;/p-1. The first kappa shape index (κ1) is 22.4. The molecule has 1 aromatic heterocycles. The monoisotopic (exact) mass is 552 g/mol. The molecule has 0 atom stereocenters. The molecule has 0 saturated heterocycles. The van der Waals surface area contributed by atoms with Crippen LogP contribution in [0.3, 0.4) is 0 Å². The van der Waals surface area contributed by atoms with Gasteiger partial charge < -0.3 is 0 Å². The van der Waals surface area contributed by atoms with Gasteiger partial charge in [0.05, 0.1) is 17.6 Å². The van der Waals surface area contributed by atoms with Gasteiger partial charge in [0.15, 0.2) is 0 Å². The van der Waals surface area contributed by atoms with Crippen LogP contribution >= 0.6 is 20.3 Å². The molecule has 0 unspecified atom stereocenters. The molecule has 0 N–H and O–H groups in total. The van der Waals surface area contributed by atoms with Gasteiger partial charge in [0.1, 0.15) is 0 Å². The molecule has 0 saturated carbocycles. The fourth-order valence-corrected chi connectivity index (χ4v) is 3.13. The van der Waals surface area contributed by atoms with E-state index in [1.165, 1.54) is 16.7 Å². The van der Waals surface area contributed by atoms with Gasteiger partial charge in [-0.1, -0.05) is 77.9 Å². The SMILES string of the molecule is Cc1ccc(-c2ccc(-c3ccc(C)cc3)c(N=Cc3ccccn3)c2)cc1.[Cu][I]. The second kappa shape index (κ2) is 11.2. The number of hydrogen-bond donors (Lipinski definition) is 0. The van der Waals surface area contributed by atoms with Crippen molar-refractivity contribution in [2.45, 2.75) is 13.8 Å². The average molecular weight is 553 g/mol. The van der Waals surface area contributed by atoms with Gasteiger partial charge in [0.2, 0.25) is 0 Å². The van der Waals surface area contributed by atoms with Crippen molar-refractivity contribution in [2.75, 3.05) is 0 Å². The predicted molar refractivity (Wildman–Crippen MR) is 132 cm³/mol. The third kappa shape index (κ3) is 5.88. The second-order valence-electron chi connectivity index (χ2n) is 6.98. The molecule has 2 nitrogen and oxygen atoms in total. The molecule has 154 valence electrons. The van der Waals surface area contributed by atoms with Gasteiger partial charge in [-0.05, 0) is 48.7 Å². The van der Waals surface area contributed by atoms with E-state index >= 15 is 0 Å². The zero-order chi connectivity index (χ0) is 21.3. The second-order valence-corrected chi connectivity index (χ2v) is 6.98. The summed E-state index contributed by atoms with van der Waals surface area (Å²) in [5.41, 5.74) is 8.91. The Morgan fingerprint density at radius 3 is 1.93 bits per heavy atom. The maximum absolute atomic E-state index is 4.79. The van der Waals surface area contributed by atoms with E-state index in [9.17, 15) is 0 Å². The van der Waals surface area contributed by atoms with Gasteiger partial charge in [0, 0.05) is 11.8 Å². The fraction of sp³-hybridized carbons (Fsp3) is 0.0769. The van der Waals surface area contributed by atoms with Crippen LogP contribution in [0.5, 0.6) is 0 Å². The molecule has 0 aliphatic rings. The Balaban J connectivity index is 0.00000124. The molecule has 30 heavy (non-hydrogen) atoms. The van der Waals surface area contributed by atoms with E-state index in [1.807, 2.05) is 24.4 Å². The molecule has 4 aromatic rings. The quantitative estimate of drug-likeness (QED) is 0.145. The van der Waals surface area contributed by atoms with Gasteiger partial charge >= 0.3 is 33.1 Å². The molecule has 0 aliphatic heterocycles. The zero-order valence-electron chi connectivity index (χ0n) is 16.8. The fourth-order valence-electron chi connectivity index (χ4n) is 3.13. The van der Waals surface area contributed by atoms with Gasteiger partial charge in [-0.2, -0.15) is 0 Å². The van der Waals surface area contributed by atoms with Gasteiger partial charge in [-0.25, -0.2) is 0 Å². The van der Waals surface area contributed by atoms with Gasteiger partial charge in [-0.3, -0.25) is 9.98 Å². The number of nitrogens with zero attached hydrogens (tertiary/aromatic N) is 2. The normalized spacial score (nSPS) is 10.6. The Bertz CT molecular complexity index is 1110. The maximum atomic E-state index is 4.79. The first-order chi connectivity index (χ1) is 14.7. The van der Waals surface area contributed by atoms with Crippen molar-refractivity contribution >= 4 is 32.2 Å². The van der Waals surface area contributed by atoms with Crippen LogP contribution in [0.2, 0.25) is 0 Å². The van der Waals surface area contributed by atoms with E-state index in [4.69, 9.17) is 4.99 Å². The first-order valence-corrected chi connectivity index (χ1v) is 12.6. The average Bonchev–Trinajstić information content (AvgIpc) is 2.81. The van der Waals surface area contributed by atoms with Crippen molar-refractivity contribution < 1.29 is 12.8 Å². The molecular formula is C26H22CuIN2. The molecule has 0 amide bonds. The first-order valence-electron chi connectivity index (χ1n) is 9.54. The summed E-state index contributed by atoms with van der Waals surface area (Å²) in [5, 5.41) is 0. The van der Waals surface area contributed by atoms with Crippen molar-refractivity contribution in [2.24, 2.45) is 4.99 Å². The Hall–Kier alpha value is -2.27. The van der Waals surface area contributed by atoms with Crippen LogP contribution in [-0.4, -0.2) is 11.2 Å². The Labute approximate surface area is 198 Å². The molecule has 4 heteroatoms. The van der Waals surface area contributed by atoms with Crippen molar-refractivity contribution in [3.8, 4) is 22.3 Å². The number of halogens is 1. The van der Waals surface area contributed by atoms with Crippen molar-refractivity contribution in [3.63, 3.8) is 0 Å². The van der Waals surface area contributed by atoms with E-state index in [2.05, 4.69) is 98.3 Å². The summed E-state index contributed by atoms with van der Waals surface area (Å²) >= 11 is 5.87. The topological polar surface area (TPSA) is 25.2 Å². The van der Waals surface area contributed by atoms with E-state index in [0.29, 0.717) is 0 Å². The third-order valence-corrected chi connectivity index (χ3v) is 4.77.